The lowest BCUT2D eigenvalue weighted by Gasteiger charge is -2.27. The first kappa shape index (κ1) is 16.5. The molecule has 0 saturated heterocycles. The van der Waals surface area contributed by atoms with Crippen molar-refractivity contribution < 1.29 is 4.74 Å². The van der Waals surface area contributed by atoms with Crippen molar-refractivity contribution in [2.45, 2.75) is 19.0 Å². The van der Waals surface area contributed by atoms with Crippen LogP contribution in [0.15, 0.2) is 48.7 Å². The van der Waals surface area contributed by atoms with Gasteiger partial charge in [0.25, 0.3) is 0 Å². The third kappa shape index (κ3) is 4.29. The van der Waals surface area contributed by atoms with E-state index in [1.807, 2.05) is 36.5 Å². The minimum Gasteiger partial charge on any atom is -0.497 e. The molecule has 1 aromatic heterocycles. The molecule has 2 unspecified atom stereocenters. The molecule has 0 fully saturated rings. The van der Waals surface area contributed by atoms with Crippen LogP contribution in [0.4, 0.5) is 0 Å². The van der Waals surface area contributed by atoms with E-state index in [0.29, 0.717) is 0 Å². The van der Waals surface area contributed by atoms with Gasteiger partial charge in [-0.25, -0.2) is 0 Å². The van der Waals surface area contributed by atoms with E-state index in [2.05, 4.69) is 48.4 Å². The van der Waals surface area contributed by atoms with Crippen LogP contribution in [0, 0.1) is 0 Å². The summed E-state index contributed by atoms with van der Waals surface area (Å²) in [5, 5.41) is 3.57. The minimum atomic E-state index is 0.217. The number of rotatable bonds is 7. The zero-order chi connectivity index (χ0) is 15.9. The summed E-state index contributed by atoms with van der Waals surface area (Å²) in [5.74, 6) is 0.891. The highest BCUT2D eigenvalue weighted by atomic mass is 16.5. The SMILES string of the molecule is COc1cccc(C(CNC(C)c2ccccn2)N(C)C)c1. The van der Waals surface area contributed by atoms with Crippen LogP contribution in [0.5, 0.6) is 5.75 Å². The van der Waals surface area contributed by atoms with Crippen molar-refractivity contribution >= 4 is 0 Å². The predicted molar refractivity (Wildman–Crippen MR) is 90.1 cm³/mol. The van der Waals surface area contributed by atoms with Gasteiger partial charge in [0, 0.05) is 24.8 Å². The number of hydrogen-bond donors (Lipinski definition) is 1. The Bertz CT molecular complexity index is 572. The van der Waals surface area contributed by atoms with E-state index in [-0.39, 0.29) is 12.1 Å². The van der Waals surface area contributed by atoms with E-state index < -0.39 is 0 Å². The standard InChI is InChI=1S/C18H25N3O/c1-14(17-10-5-6-11-19-17)20-13-18(21(2)3)15-8-7-9-16(12-15)22-4/h5-12,14,18,20H,13H2,1-4H3. The number of aromatic nitrogens is 1. The van der Waals surface area contributed by atoms with Crippen molar-refractivity contribution in [1.82, 2.24) is 15.2 Å². The average molecular weight is 299 g/mol. The first-order valence-electron chi connectivity index (χ1n) is 7.56. The van der Waals surface area contributed by atoms with Crippen LogP contribution in [0.3, 0.4) is 0 Å². The van der Waals surface area contributed by atoms with E-state index >= 15 is 0 Å². The van der Waals surface area contributed by atoms with Gasteiger partial charge in [0.1, 0.15) is 5.75 Å². The number of hydrogen-bond acceptors (Lipinski definition) is 4. The molecule has 4 heteroatoms. The maximum absolute atomic E-state index is 5.33. The van der Waals surface area contributed by atoms with Gasteiger partial charge in [-0.3, -0.25) is 4.98 Å². The molecule has 2 atom stereocenters. The summed E-state index contributed by atoms with van der Waals surface area (Å²) in [6.45, 7) is 2.98. The van der Waals surface area contributed by atoms with Gasteiger partial charge in [-0.05, 0) is 50.8 Å². The molecule has 2 aromatic rings. The first-order chi connectivity index (χ1) is 10.6. The van der Waals surface area contributed by atoms with Crippen LogP contribution >= 0.6 is 0 Å². The van der Waals surface area contributed by atoms with Crippen LogP contribution in [0.1, 0.15) is 30.3 Å². The van der Waals surface area contributed by atoms with Crippen molar-refractivity contribution in [3.8, 4) is 5.75 Å². The van der Waals surface area contributed by atoms with E-state index in [1.165, 1.54) is 5.56 Å². The molecular formula is C18H25N3O. The predicted octanol–water partition coefficient (Wildman–Crippen LogP) is 3.04. The number of likely N-dealkylation sites (N-methyl/N-ethyl adjacent to an activating group) is 1. The monoisotopic (exact) mass is 299 g/mol. The van der Waals surface area contributed by atoms with Crippen LogP contribution in [0.2, 0.25) is 0 Å². The zero-order valence-electron chi connectivity index (χ0n) is 13.8. The molecule has 0 aliphatic rings. The van der Waals surface area contributed by atoms with Crippen molar-refractivity contribution in [2.24, 2.45) is 0 Å². The second-order valence-electron chi connectivity index (χ2n) is 5.64. The molecule has 0 aliphatic carbocycles. The number of nitrogens with zero attached hydrogens (tertiary/aromatic N) is 2. The second-order valence-corrected chi connectivity index (χ2v) is 5.64. The number of ether oxygens (including phenoxy) is 1. The van der Waals surface area contributed by atoms with E-state index in [0.717, 1.165) is 18.0 Å². The Morgan fingerprint density at radius 3 is 2.64 bits per heavy atom. The normalized spacial score (nSPS) is 13.9. The van der Waals surface area contributed by atoms with Gasteiger partial charge in [0.2, 0.25) is 0 Å². The van der Waals surface area contributed by atoms with Crippen LogP contribution in [-0.4, -0.2) is 37.6 Å². The maximum Gasteiger partial charge on any atom is 0.119 e. The first-order valence-corrected chi connectivity index (χ1v) is 7.56. The molecule has 0 spiro atoms. The molecule has 1 aromatic carbocycles. The zero-order valence-corrected chi connectivity index (χ0v) is 13.8. The topological polar surface area (TPSA) is 37.4 Å². The molecule has 118 valence electrons. The van der Waals surface area contributed by atoms with Crippen molar-refractivity contribution in [1.29, 1.82) is 0 Å². The summed E-state index contributed by atoms with van der Waals surface area (Å²) in [5.41, 5.74) is 2.30. The van der Waals surface area contributed by atoms with Crippen molar-refractivity contribution in [2.75, 3.05) is 27.7 Å². The van der Waals surface area contributed by atoms with Crippen molar-refractivity contribution in [3.63, 3.8) is 0 Å². The summed E-state index contributed by atoms with van der Waals surface area (Å²) in [4.78, 5) is 6.62. The Labute approximate surface area is 133 Å². The Morgan fingerprint density at radius 2 is 2.00 bits per heavy atom. The highest BCUT2D eigenvalue weighted by Crippen LogP contribution is 2.23. The molecule has 22 heavy (non-hydrogen) atoms. The third-order valence-corrected chi connectivity index (χ3v) is 3.85. The largest absolute Gasteiger partial charge is 0.497 e. The molecule has 2 rings (SSSR count). The molecule has 0 bridgehead atoms. The fourth-order valence-electron chi connectivity index (χ4n) is 2.47. The maximum atomic E-state index is 5.33. The summed E-state index contributed by atoms with van der Waals surface area (Å²) < 4.78 is 5.33. The molecule has 0 radical (unpaired) electrons. The van der Waals surface area contributed by atoms with Crippen LogP contribution in [-0.2, 0) is 0 Å². The molecule has 0 saturated carbocycles. The fraction of sp³-hybridized carbons (Fsp3) is 0.389. The number of pyridine rings is 1. The smallest absolute Gasteiger partial charge is 0.119 e. The molecule has 0 aliphatic heterocycles. The van der Waals surface area contributed by atoms with E-state index in [9.17, 15) is 0 Å². The summed E-state index contributed by atoms with van der Waals surface area (Å²) in [7, 11) is 5.89. The fourth-order valence-corrected chi connectivity index (χ4v) is 2.47. The van der Waals surface area contributed by atoms with Crippen molar-refractivity contribution in [3.05, 3.63) is 59.9 Å². The lowest BCUT2D eigenvalue weighted by atomic mass is 10.0. The van der Waals surface area contributed by atoms with Gasteiger partial charge in [0.05, 0.1) is 12.8 Å². The molecule has 4 nitrogen and oxygen atoms in total. The van der Waals surface area contributed by atoms with Gasteiger partial charge in [0.15, 0.2) is 0 Å². The summed E-state index contributed by atoms with van der Waals surface area (Å²) in [6.07, 6.45) is 1.83. The Morgan fingerprint density at radius 1 is 1.18 bits per heavy atom. The average Bonchev–Trinajstić information content (AvgIpc) is 2.55. The molecule has 1 heterocycles. The second kappa shape index (κ2) is 7.92. The number of nitrogens with one attached hydrogen (secondary N) is 1. The minimum absolute atomic E-state index is 0.217. The highest BCUT2D eigenvalue weighted by Gasteiger charge is 2.16. The Kier molecular flexibility index (Phi) is 5.92. The third-order valence-electron chi connectivity index (χ3n) is 3.85. The Balaban J connectivity index is 2.06. The molecule has 1 N–H and O–H groups in total. The van der Waals surface area contributed by atoms with Gasteiger partial charge in [-0.2, -0.15) is 0 Å². The van der Waals surface area contributed by atoms with Gasteiger partial charge >= 0.3 is 0 Å². The van der Waals surface area contributed by atoms with Gasteiger partial charge < -0.3 is 15.0 Å². The van der Waals surface area contributed by atoms with E-state index in [1.54, 1.807) is 7.11 Å². The molecular weight excluding hydrogens is 274 g/mol. The summed E-state index contributed by atoms with van der Waals surface area (Å²) in [6, 6.07) is 14.7. The van der Waals surface area contributed by atoms with Crippen LogP contribution < -0.4 is 10.1 Å². The highest BCUT2D eigenvalue weighted by molar-refractivity contribution is 5.30. The number of methoxy groups -OCH3 is 1. The molecule has 0 amide bonds. The quantitative estimate of drug-likeness (QED) is 0.852. The lowest BCUT2D eigenvalue weighted by Crippen LogP contribution is -2.32. The Hall–Kier alpha value is -1.91. The van der Waals surface area contributed by atoms with Gasteiger partial charge in [-0.1, -0.05) is 18.2 Å². The van der Waals surface area contributed by atoms with E-state index in [4.69, 9.17) is 4.74 Å². The summed E-state index contributed by atoms with van der Waals surface area (Å²) >= 11 is 0. The lowest BCUT2D eigenvalue weighted by molar-refractivity contribution is 0.280. The number of benzene rings is 1. The van der Waals surface area contributed by atoms with Crippen LogP contribution in [0.25, 0.3) is 0 Å². The van der Waals surface area contributed by atoms with Gasteiger partial charge in [-0.15, -0.1) is 0 Å².